The Balaban J connectivity index is 2.27. The van der Waals surface area contributed by atoms with E-state index in [1.165, 1.54) is 0 Å². The van der Waals surface area contributed by atoms with E-state index >= 15 is 0 Å². The third kappa shape index (κ3) is 5.78. The molecular formula is C11H15BrN2O3. The minimum absolute atomic E-state index is 0.0904. The number of carbonyl (C=O) groups is 1. The number of anilines is 1. The van der Waals surface area contributed by atoms with Crippen molar-refractivity contribution in [3.05, 3.63) is 28.7 Å². The van der Waals surface area contributed by atoms with Crippen molar-refractivity contribution in [2.24, 2.45) is 0 Å². The Hall–Kier alpha value is -0.950. The zero-order chi connectivity index (χ0) is 12.7. The van der Waals surface area contributed by atoms with E-state index in [0.717, 1.165) is 4.47 Å². The number of rotatable bonds is 6. The Morgan fingerprint density at radius 1 is 1.35 bits per heavy atom. The molecule has 1 amide bonds. The van der Waals surface area contributed by atoms with Crippen LogP contribution in [0.2, 0.25) is 0 Å². The lowest BCUT2D eigenvalue weighted by Crippen LogP contribution is -2.35. The molecule has 1 aromatic carbocycles. The van der Waals surface area contributed by atoms with Crippen molar-refractivity contribution in [3.63, 3.8) is 0 Å². The second kappa shape index (κ2) is 7.39. The van der Waals surface area contributed by atoms with Gasteiger partial charge in [-0.2, -0.15) is 0 Å². The molecule has 0 aliphatic rings. The molecule has 0 saturated carbocycles. The predicted molar refractivity (Wildman–Crippen MR) is 68.7 cm³/mol. The standard InChI is InChI=1S/C11H15BrN2O3/c12-8-1-3-9(4-2-8)14-11(17)6-13-5-10(16)7-15/h1-4,10,13,15-16H,5-7H2,(H,14,17). The maximum Gasteiger partial charge on any atom is 0.238 e. The first-order chi connectivity index (χ1) is 8.11. The molecule has 1 atom stereocenters. The summed E-state index contributed by atoms with van der Waals surface area (Å²) in [6.45, 7) is -0.0429. The van der Waals surface area contributed by atoms with Crippen molar-refractivity contribution in [2.45, 2.75) is 6.10 Å². The van der Waals surface area contributed by atoms with Crippen LogP contribution in [0.25, 0.3) is 0 Å². The van der Waals surface area contributed by atoms with E-state index in [2.05, 4.69) is 26.6 Å². The lowest BCUT2D eigenvalue weighted by molar-refractivity contribution is -0.115. The Labute approximate surface area is 108 Å². The summed E-state index contributed by atoms with van der Waals surface area (Å²) in [6.07, 6.45) is -0.838. The number of halogens is 1. The Bertz CT molecular complexity index is 356. The number of aliphatic hydroxyl groups is 2. The highest BCUT2D eigenvalue weighted by atomic mass is 79.9. The van der Waals surface area contributed by atoms with E-state index in [1.54, 1.807) is 12.1 Å². The topological polar surface area (TPSA) is 81.6 Å². The molecule has 6 heteroatoms. The summed E-state index contributed by atoms with van der Waals surface area (Å²) in [5.74, 6) is -0.197. The van der Waals surface area contributed by atoms with Crippen molar-refractivity contribution >= 4 is 27.5 Å². The molecule has 1 rings (SSSR count). The van der Waals surface area contributed by atoms with E-state index < -0.39 is 6.10 Å². The van der Waals surface area contributed by atoms with Gasteiger partial charge >= 0.3 is 0 Å². The van der Waals surface area contributed by atoms with Crippen LogP contribution in [0.5, 0.6) is 0 Å². The maximum atomic E-state index is 11.4. The van der Waals surface area contributed by atoms with Crippen LogP contribution < -0.4 is 10.6 Å². The highest BCUT2D eigenvalue weighted by molar-refractivity contribution is 9.10. The number of hydrogen-bond acceptors (Lipinski definition) is 4. The predicted octanol–water partition coefficient (Wildman–Crippen LogP) is 0.330. The minimum atomic E-state index is -0.838. The van der Waals surface area contributed by atoms with Crippen LogP contribution in [0, 0.1) is 0 Å². The third-order valence-electron chi connectivity index (χ3n) is 2.00. The van der Waals surface area contributed by atoms with Crippen molar-refractivity contribution < 1.29 is 15.0 Å². The van der Waals surface area contributed by atoms with Crippen molar-refractivity contribution in [2.75, 3.05) is 25.0 Å². The fourth-order valence-corrected chi connectivity index (χ4v) is 1.42. The van der Waals surface area contributed by atoms with Crippen LogP contribution in [0.4, 0.5) is 5.69 Å². The highest BCUT2D eigenvalue weighted by Gasteiger charge is 2.04. The molecule has 1 aromatic rings. The fraction of sp³-hybridized carbons (Fsp3) is 0.364. The van der Waals surface area contributed by atoms with Gasteiger partial charge < -0.3 is 20.8 Å². The first-order valence-electron chi connectivity index (χ1n) is 5.17. The average Bonchev–Trinajstić information content (AvgIpc) is 2.32. The molecule has 0 fully saturated rings. The molecule has 17 heavy (non-hydrogen) atoms. The third-order valence-corrected chi connectivity index (χ3v) is 2.53. The Kier molecular flexibility index (Phi) is 6.13. The van der Waals surface area contributed by atoms with Crippen molar-refractivity contribution in [1.82, 2.24) is 5.32 Å². The lowest BCUT2D eigenvalue weighted by Gasteiger charge is -2.09. The molecule has 5 nitrogen and oxygen atoms in total. The smallest absolute Gasteiger partial charge is 0.238 e. The molecule has 94 valence electrons. The van der Waals surface area contributed by atoms with Gasteiger partial charge in [0.2, 0.25) is 5.91 Å². The van der Waals surface area contributed by atoms with E-state index in [1.807, 2.05) is 12.1 Å². The zero-order valence-electron chi connectivity index (χ0n) is 9.19. The molecule has 0 aromatic heterocycles. The number of nitrogens with one attached hydrogen (secondary N) is 2. The lowest BCUT2D eigenvalue weighted by atomic mass is 10.3. The first kappa shape index (κ1) is 14.1. The first-order valence-corrected chi connectivity index (χ1v) is 5.96. The molecule has 0 bridgehead atoms. The van der Waals surface area contributed by atoms with E-state index in [-0.39, 0.29) is 25.6 Å². The normalized spacial score (nSPS) is 12.2. The Morgan fingerprint density at radius 3 is 2.59 bits per heavy atom. The Morgan fingerprint density at radius 2 is 2.00 bits per heavy atom. The van der Waals surface area contributed by atoms with Crippen LogP contribution in [0.3, 0.4) is 0 Å². The number of hydrogen-bond donors (Lipinski definition) is 4. The molecule has 0 spiro atoms. The van der Waals surface area contributed by atoms with Gasteiger partial charge in [0.15, 0.2) is 0 Å². The van der Waals surface area contributed by atoms with Crippen LogP contribution in [-0.4, -0.2) is 41.9 Å². The van der Waals surface area contributed by atoms with Gasteiger partial charge in [0.25, 0.3) is 0 Å². The van der Waals surface area contributed by atoms with Gasteiger partial charge in [-0.1, -0.05) is 15.9 Å². The molecule has 0 aliphatic heterocycles. The quantitative estimate of drug-likeness (QED) is 0.610. The fourth-order valence-electron chi connectivity index (χ4n) is 1.16. The van der Waals surface area contributed by atoms with Crippen molar-refractivity contribution in [1.29, 1.82) is 0 Å². The molecule has 1 unspecified atom stereocenters. The molecular weight excluding hydrogens is 288 g/mol. The number of benzene rings is 1. The molecule has 0 radical (unpaired) electrons. The van der Waals surface area contributed by atoms with Gasteiger partial charge in [-0.25, -0.2) is 0 Å². The van der Waals surface area contributed by atoms with Gasteiger partial charge in [0.1, 0.15) is 0 Å². The van der Waals surface area contributed by atoms with Crippen LogP contribution >= 0.6 is 15.9 Å². The van der Waals surface area contributed by atoms with Gasteiger partial charge in [-0.3, -0.25) is 4.79 Å². The molecule has 0 saturated heterocycles. The summed E-state index contributed by atoms with van der Waals surface area (Å²) in [7, 11) is 0. The summed E-state index contributed by atoms with van der Waals surface area (Å²) in [4.78, 5) is 11.4. The average molecular weight is 303 g/mol. The summed E-state index contributed by atoms with van der Waals surface area (Å²) in [5.41, 5.74) is 0.711. The van der Waals surface area contributed by atoms with Gasteiger partial charge in [-0.05, 0) is 24.3 Å². The second-order valence-corrected chi connectivity index (χ2v) is 4.44. The summed E-state index contributed by atoms with van der Waals surface area (Å²) >= 11 is 3.30. The van der Waals surface area contributed by atoms with Crippen LogP contribution in [0.1, 0.15) is 0 Å². The number of aliphatic hydroxyl groups excluding tert-OH is 2. The maximum absolute atomic E-state index is 11.4. The second-order valence-electron chi connectivity index (χ2n) is 3.52. The molecule has 4 N–H and O–H groups in total. The van der Waals surface area contributed by atoms with Crippen LogP contribution in [0.15, 0.2) is 28.7 Å². The van der Waals surface area contributed by atoms with E-state index in [4.69, 9.17) is 10.2 Å². The summed E-state index contributed by atoms with van der Waals surface area (Å²) in [5, 5.41) is 23.0. The van der Waals surface area contributed by atoms with E-state index in [9.17, 15) is 4.79 Å². The largest absolute Gasteiger partial charge is 0.394 e. The summed E-state index contributed by atoms with van der Waals surface area (Å²) in [6, 6.07) is 7.23. The molecule has 0 heterocycles. The SMILES string of the molecule is O=C(CNCC(O)CO)Nc1ccc(Br)cc1. The van der Waals surface area contributed by atoms with Crippen LogP contribution in [-0.2, 0) is 4.79 Å². The van der Waals surface area contributed by atoms with Gasteiger partial charge in [-0.15, -0.1) is 0 Å². The van der Waals surface area contributed by atoms with Gasteiger partial charge in [0, 0.05) is 16.7 Å². The molecule has 0 aliphatic carbocycles. The highest BCUT2D eigenvalue weighted by Crippen LogP contribution is 2.13. The number of carbonyl (C=O) groups excluding carboxylic acids is 1. The number of amides is 1. The zero-order valence-corrected chi connectivity index (χ0v) is 10.8. The monoisotopic (exact) mass is 302 g/mol. The van der Waals surface area contributed by atoms with Gasteiger partial charge in [0.05, 0.1) is 19.3 Å². The summed E-state index contributed by atoms with van der Waals surface area (Å²) < 4.78 is 0.944. The van der Waals surface area contributed by atoms with E-state index in [0.29, 0.717) is 5.69 Å². The minimum Gasteiger partial charge on any atom is -0.394 e. The van der Waals surface area contributed by atoms with Crippen molar-refractivity contribution in [3.8, 4) is 0 Å².